The van der Waals surface area contributed by atoms with Gasteiger partial charge in [0.2, 0.25) is 23.6 Å². The lowest BCUT2D eigenvalue weighted by molar-refractivity contribution is -0.143. The monoisotopic (exact) mass is 906 g/mol. The smallest absolute Gasteiger partial charge is 0.416 e. The second-order valence-electron chi connectivity index (χ2n) is 16.9. The molecule has 2 saturated heterocycles. The van der Waals surface area contributed by atoms with Crippen molar-refractivity contribution in [2.75, 3.05) is 9.80 Å². The number of aromatic hydroxyl groups is 1. The maximum absolute atomic E-state index is 15.3. The Hall–Kier alpha value is -5.94. The molecule has 324 valence electrons. The minimum absolute atomic E-state index is 0.0513. The first-order valence-corrected chi connectivity index (χ1v) is 21.0. The molecule has 2 aliphatic carbocycles. The SMILES string of the molecule is Cc1c(-c2cc(N3C(=O)C4CC5C(=CCC6C(=O)N(c7cc(C(F)(F)F)cc(C(F)(F)F)c7)C(=O)C65)C(C5=COc6ccc(O)cc6C5)C4(C)C3=O)n(C)n2)sc2ccc(Cl)cc12. The Morgan fingerprint density at radius 3 is 2.30 bits per heavy atom. The van der Waals surface area contributed by atoms with Crippen molar-refractivity contribution in [1.82, 2.24) is 9.78 Å². The third-order valence-electron chi connectivity index (χ3n) is 13.5. The second-order valence-corrected chi connectivity index (χ2v) is 18.4. The van der Waals surface area contributed by atoms with Crippen molar-refractivity contribution in [1.29, 1.82) is 0 Å². The topological polar surface area (TPSA) is 122 Å². The number of fused-ring (bicyclic) bond motifs is 6. The van der Waals surface area contributed by atoms with Crippen LogP contribution in [0, 0.1) is 41.9 Å². The molecule has 0 bridgehead atoms. The Bertz CT molecular complexity index is 2920. The number of amides is 4. The van der Waals surface area contributed by atoms with Crippen LogP contribution in [0.25, 0.3) is 20.7 Å². The van der Waals surface area contributed by atoms with Gasteiger partial charge in [-0.25, -0.2) is 9.80 Å². The Labute approximate surface area is 363 Å². The third-order valence-corrected chi connectivity index (χ3v) is 15.0. The number of rotatable bonds is 4. The molecule has 3 fully saturated rings. The van der Waals surface area contributed by atoms with Crippen molar-refractivity contribution in [2.45, 2.75) is 45.5 Å². The number of halogens is 7. The van der Waals surface area contributed by atoms with Gasteiger partial charge in [0, 0.05) is 40.7 Å². The van der Waals surface area contributed by atoms with E-state index in [1.165, 1.54) is 34.4 Å². The first-order valence-electron chi connectivity index (χ1n) is 19.8. The highest BCUT2D eigenvalue weighted by Crippen LogP contribution is 2.63. The van der Waals surface area contributed by atoms with Crippen LogP contribution in [0.15, 0.2) is 84.1 Å². The number of anilines is 2. The summed E-state index contributed by atoms with van der Waals surface area (Å²) < 4.78 is 92.3. The number of phenolic OH excluding ortho intramolecular Hbond substituents is 1. The fourth-order valence-electron chi connectivity index (χ4n) is 10.6. The zero-order valence-electron chi connectivity index (χ0n) is 33.3. The molecule has 6 unspecified atom stereocenters. The zero-order valence-corrected chi connectivity index (χ0v) is 34.8. The van der Waals surface area contributed by atoms with Crippen molar-refractivity contribution in [2.24, 2.45) is 42.1 Å². The number of thiophene rings is 1. The van der Waals surface area contributed by atoms with Gasteiger partial charge >= 0.3 is 12.4 Å². The fraction of sp³-hybridized carbons (Fsp3) is 0.311. The normalized spacial score (nSPS) is 25.8. The van der Waals surface area contributed by atoms with E-state index < -0.39 is 87.8 Å². The second kappa shape index (κ2) is 13.8. The number of aromatic nitrogens is 2. The van der Waals surface area contributed by atoms with Crippen LogP contribution in [0.2, 0.25) is 5.02 Å². The predicted octanol–water partition coefficient (Wildman–Crippen LogP) is 9.79. The summed E-state index contributed by atoms with van der Waals surface area (Å²) in [6.07, 6.45) is -7.43. The molecule has 4 amide bonds. The molecule has 5 aromatic rings. The molecule has 3 aliphatic heterocycles. The number of benzene rings is 3. The van der Waals surface area contributed by atoms with E-state index >= 15 is 9.59 Å². The molecule has 6 atom stereocenters. The Kier molecular flexibility index (Phi) is 8.99. The van der Waals surface area contributed by atoms with E-state index in [-0.39, 0.29) is 36.9 Å². The third kappa shape index (κ3) is 6.09. The number of aryl methyl sites for hydroxylation is 2. The van der Waals surface area contributed by atoms with Crippen LogP contribution in [0.1, 0.15) is 42.0 Å². The van der Waals surface area contributed by atoms with E-state index in [0.717, 1.165) is 25.4 Å². The van der Waals surface area contributed by atoms with Crippen molar-refractivity contribution < 1.29 is 55.4 Å². The molecule has 3 aromatic carbocycles. The van der Waals surface area contributed by atoms with E-state index in [1.54, 1.807) is 38.2 Å². The Morgan fingerprint density at radius 1 is 0.889 bits per heavy atom. The lowest BCUT2D eigenvalue weighted by atomic mass is 9.51. The van der Waals surface area contributed by atoms with Crippen molar-refractivity contribution >= 4 is 68.2 Å². The van der Waals surface area contributed by atoms with Crippen LogP contribution in [-0.2, 0) is 45.0 Å². The lowest BCUT2D eigenvalue weighted by Crippen LogP contribution is -2.51. The van der Waals surface area contributed by atoms with E-state index in [0.29, 0.717) is 50.2 Å². The summed E-state index contributed by atoms with van der Waals surface area (Å²) in [5.74, 6) is -8.10. The number of hydrogen-bond acceptors (Lipinski definition) is 8. The number of nitrogens with zero attached hydrogens (tertiary/aromatic N) is 4. The summed E-state index contributed by atoms with van der Waals surface area (Å²) >= 11 is 7.76. The number of imide groups is 2. The van der Waals surface area contributed by atoms with Gasteiger partial charge in [-0.05, 0) is 104 Å². The molecule has 10 nitrogen and oxygen atoms in total. The molecule has 2 aromatic heterocycles. The summed E-state index contributed by atoms with van der Waals surface area (Å²) in [7, 11) is 1.60. The van der Waals surface area contributed by atoms with Gasteiger partial charge in [-0.15, -0.1) is 11.3 Å². The molecule has 5 aliphatic rings. The average molecular weight is 907 g/mol. The Morgan fingerprint density at radius 2 is 1.60 bits per heavy atom. The first-order chi connectivity index (χ1) is 29.7. The quantitative estimate of drug-likeness (QED) is 0.108. The number of allylic oxidation sites excluding steroid dienone is 3. The van der Waals surface area contributed by atoms with E-state index in [4.69, 9.17) is 21.4 Å². The van der Waals surface area contributed by atoms with E-state index in [1.807, 2.05) is 19.1 Å². The number of carbonyl (C=O) groups excluding carboxylic acids is 4. The summed E-state index contributed by atoms with van der Waals surface area (Å²) in [4.78, 5) is 61.2. The van der Waals surface area contributed by atoms with Gasteiger partial charge in [-0.2, -0.15) is 31.4 Å². The minimum atomic E-state index is -5.24. The van der Waals surface area contributed by atoms with Crippen molar-refractivity contribution in [3.63, 3.8) is 0 Å². The van der Waals surface area contributed by atoms with Crippen LogP contribution in [0.4, 0.5) is 37.8 Å². The molecule has 10 rings (SSSR count). The molecular weight excluding hydrogens is 874 g/mol. The number of carbonyl (C=O) groups is 4. The van der Waals surface area contributed by atoms with Gasteiger partial charge < -0.3 is 9.84 Å². The standard InChI is InChI=1S/C45H33ClF6N4O6S/c1-19-29-15-24(46)4-9-34(29)63-38(19)32-17-35(54(3)53-32)56-40(59)31-16-30-27(37(43(31,2)42(56)61)21-10-20-11-26(57)5-8-33(20)62-18-21)6-7-28-36(30)41(60)55(39(28)58)25-13-22(44(47,48)49)12-23(14-25)45(50,51)52/h4-6,8-9,11-15,17-18,28,30-31,36-37,57H,7,10,16H2,1-3H3. The van der Waals surface area contributed by atoms with Crippen LogP contribution in [0.5, 0.6) is 11.5 Å². The highest BCUT2D eigenvalue weighted by atomic mass is 35.5. The van der Waals surface area contributed by atoms with Crippen LogP contribution >= 0.6 is 22.9 Å². The van der Waals surface area contributed by atoms with Gasteiger partial charge in [0.05, 0.1) is 51.1 Å². The number of ether oxygens (including phenoxy) is 1. The highest BCUT2D eigenvalue weighted by molar-refractivity contribution is 7.22. The average Bonchev–Trinajstić information content (AvgIpc) is 3.89. The number of alkyl halides is 6. The first kappa shape index (κ1) is 41.1. The molecule has 5 heterocycles. The van der Waals surface area contributed by atoms with Gasteiger partial charge in [-0.1, -0.05) is 23.3 Å². The van der Waals surface area contributed by atoms with E-state index in [2.05, 4.69) is 0 Å². The van der Waals surface area contributed by atoms with Crippen LogP contribution in [-0.4, -0.2) is 38.5 Å². The molecule has 18 heteroatoms. The predicted molar refractivity (Wildman–Crippen MR) is 219 cm³/mol. The molecule has 63 heavy (non-hydrogen) atoms. The number of hydrogen-bond donors (Lipinski definition) is 1. The van der Waals surface area contributed by atoms with Crippen LogP contribution < -0.4 is 14.5 Å². The van der Waals surface area contributed by atoms with Gasteiger partial charge in [0.1, 0.15) is 23.0 Å². The van der Waals surface area contributed by atoms with Gasteiger partial charge in [0.25, 0.3) is 0 Å². The molecule has 0 radical (unpaired) electrons. The summed E-state index contributed by atoms with van der Waals surface area (Å²) in [5.41, 5.74) is -2.78. The van der Waals surface area contributed by atoms with Crippen molar-refractivity contribution in [3.05, 3.63) is 111 Å². The van der Waals surface area contributed by atoms with Crippen LogP contribution in [0.3, 0.4) is 0 Å². The largest absolute Gasteiger partial charge is 0.508 e. The summed E-state index contributed by atoms with van der Waals surface area (Å²) in [6, 6.07) is 12.3. The summed E-state index contributed by atoms with van der Waals surface area (Å²) in [5, 5.41) is 16.6. The molecule has 1 N–H and O–H groups in total. The van der Waals surface area contributed by atoms with E-state index in [9.17, 15) is 41.0 Å². The molecular formula is C45H33ClF6N4O6S. The maximum Gasteiger partial charge on any atom is 0.416 e. The lowest BCUT2D eigenvalue weighted by Gasteiger charge is -2.49. The fourth-order valence-corrected chi connectivity index (χ4v) is 11.9. The maximum atomic E-state index is 15.3. The van der Waals surface area contributed by atoms with Gasteiger partial charge in [-0.3, -0.25) is 23.9 Å². The zero-order chi connectivity index (χ0) is 44.8. The minimum Gasteiger partial charge on any atom is -0.508 e. The molecule has 1 saturated carbocycles. The summed E-state index contributed by atoms with van der Waals surface area (Å²) in [6.45, 7) is 3.58. The van der Waals surface area contributed by atoms with Gasteiger partial charge in [0.15, 0.2) is 0 Å². The van der Waals surface area contributed by atoms with Crippen molar-refractivity contribution in [3.8, 4) is 22.1 Å². The Balaban J connectivity index is 1.08. The number of phenols is 1. The molecule has 0 spiro atoms. The highest BCUT2D eigenvalue weighted by Gasteiger charge is 2.68.